The van der Waals surface area contributed by atoms with E-state index in [1.807, 2.05) is 12.1 Å². The van der Waals surface area contributed by atoms with Crippen molar-refractivity contribution < 1.29 is 4.79 Å². The fraction of sp³-hybridized carbons (Fsp3) is 0.385. The van der Waals surface area contributed by atoms with Crippen LogP contribution in [0.25, 0.3) is 10.9 Å². The molecule has 3 aromatic rings. The van der Waals surface area contributed by atoms with Crippen LogP contribution in [0.1, 0.15) is 33.5 Å². The average Bonchev–Trinajstić information content (AvgIpc) is 2.84. The predicted octanol–water partition coefficient (Wildman–Crippen LogP) is 3.53. The topological polar surface area (TPSA) is 80.5 Å². The number of fused-ring (bicyclic) bond motifs is 3. The van der Waals surface area contributed by atoms with Crippen molar-refractivity contribution in [3.05, 3.63) is 68.0 Å². The van der Waals surface area contributed by atoms with Gasteiger partial charge >= 0.3 is 0 Å². The number of nitrogens with zero attached hydrogens (tertiary/aromatic N) is 2. The Morgan fingerprint density at radius 2 is 1.94 bits per heavy atom. The number of amides is 1. The molecule has 0 aliphatic carbocycles. The number of aromatic amines is 1. The summed E-state index contributed by atoms with van der Waals surface area (Å²) in [6.07, 6.45) is 1.83. The van der Waals surface area contributed by atoms with E-state index in [4.69, 9.17) is 11.6 Å². The molecule has 1 amide bonds. The highest BCUT2D eigenvalue weighted by Gasteiger charge is 2.21. The van der Waals surface area contributed by atoms with Crippen molar-refractivity contribution in [2.45, 2.75) is 26.3 Å². The van der Waals surface area contributed by atoms with Crippen LogP contribution < -0.4 is 21.1 Å². The molecule has 8 heteroatoms. The maximum absolute atomic E-state index is 12.6. The maximum Gasteiger partial charge on any atom is 0.253 e. The van der Waals surface area contributed by atoms with Gasteiger partial charge in [-0.15, -0.1) is 0 Å². The van der Waals surface area contributed by atoms with Gasteiger partial charge in [0.2, 0.25) is 0 Å². The van der Waals surface area contributed by atoms with E-state index < -0.39 is 0 Å². The first-order chi connectivity index (χ1) is 16.4. The molecule has 0 atom stereocenters. The van der Waals surface area contributed by atoms with Crippen LogP contribution in [0.5, 0.6) is 0 Å². The van der Waals surface area contributed by atoms with Crippen LogP contribution in [-0.4, -0.2) is 55.6 Å². The first-order valence-corrected chi connectivity index (χ1v) is 12.2. The van der Waals surface area contributed by atoms with Crippen molar-refractivity contribution in [2.75, 3.05) is 50.0 Å². The Morgan fingerprint density at radius 1 is 1.15 bits per heavy atom. The summed E-state index contributed by atoms with van der Waals surface area (Å²) in [6.45, 7) is 7.42. The molecule has 3 heterocycles. The van der Waals surface area contributed by atoms with E-state index in [1.54, 1.807) is 13.1 Å². The summed E-state index contributed by atoms with van der Waals surface area (Å²) < 4.78 is 0. The fourth-order valence-corrected chi connectivity index (χ4v) is 5.51. The minimum Gasteiger partial charge on any atom is -0.384 e. The first kappa shape index (κ1) is 22.7. The average molecular weight is 480 g/mol. The fourth-order valence-electron chi connectivity index (χ4n) is 5.21. The molecule has 0 unspecified atom stereocenters. The van der Waals surface area contributed by atoms with Crippen LogP contribution in [-0.2, 0) is 13.0 Å². The van der Waals surface area contributed by atoms with Gasteiger partial charge in [-0.25, -0.2) is 0 Å². The monoisotopic (exact) mass is 479 g/mol. The molecule has 2 aliphatic heterocycles. The molecule has 2 aliphatic rings. The third-order valence-corrected chi connectivity index (χ3v) is 7.23. The van der Waals surface area contributed by atoms with Crippen molar-refractivity contribution in [1.29, 1.82) is 0 Å². The molecule has 2 aromatic carbocycles. The van der Waals surface area contributed by atoms with E-state index in [9.17, 15) is 9.59 Å². The molecule has 1 fully saturated rings. The van der Waals surface area contributed by atoms with Gasteiger partial charge in [-0.1, -0.05) is 17.7 Å². The number of pyridine rings is 1. The number of aryl methyl sites for hydroxylation is 1. The Morgan fingerprint density at radius 3 is 2.68 bits per heavy atom. The van der Waals surface area contributed by atoms with Crippen molar-refractivity contribution in [1.82, 2.24) is 15.2 Å². The van der Waals surface area contributed by atoms with E-state index in [0.29, 0.717) is 10.6 Å². The van der Waals surface area contributed by atoms with Crippen LogP contribution in [0.15, 0.2) is 35.1 Å². The highest BCUT2D eigenvalue weighted by atomic mass is 35.5. The van der Waals surface area contributed by atoms with Crippen molar-refractivity contribution in [3.8, 4) is 0 Å². The van der Waals surface area contributed by atoms with E-state index in [0.717, 1.165) is 80.0 Å². The number of aromatic nitrogens is 1. The Kier molecular flexibility index (Phi) is 6.23. The third-order valence-electron chi connectivity index (χ3n) is 6.93. The largest absolute Gasteiger partial charge is 0.384 e. The number of halogens is 1. The zero-order chi connectivity index (χ0) is 23.8. The molecule has 0 bridgehead atoms. The summed E-state index contributed by atoms with van der Waals surface area (Å²) in [6, 6.07) is 9.85. The Balaban J connectivity index is 1.30. The van der Waals surface area contributed by atoms with Crippen LogP contribution in [0, 0.1) is 6.92 Å². The highest BCUT2D eigenvalue weighted by molar-refractivity contribution is 6.33. The second kappa shape index (κ2) is 9.31. The van der Waals surface area contributed by atoms with Crippen LogP contribution in [0.3, 0.4) is 0 Å². The van der Waals surface area contributed by atoms with Crippen molar-refractivity contribution in [3.63, 3.8) is 0 Å². The summed E-state index contributed by atoms with van der Waals surface area (Å²) in [4.78, 5) is 32.3. The smallest absolute Gasteiger partial charge is 0.253 e. The van der Waals surface area contributed by atoms with Crippen LogP contribution in [0.2, 0.25) is 5.02 Å². The number of carbonyl (C=O) groups excluding carboxylic acids is 1. The number of rotatable bonds is 4. The number of hydrogen-bond donors (Lipinski definition) is 3. The first-order valence-electron chi connectivity index (χ1n) is 11.9. The van der Waals surface area contributed by atoms with Crippen molar-refractivity contribution in [2.24, 2.45) is 0 Å². The molecule has 1 aromatic heterocycles. The van der Waals surface area contributed by atoms with E-state index >= 15 is 0 Å². The number of hydrogen-bond acceptors (Lipinski definition) is 5. The maximum atomic E-state index is 12.6. The molecule has 0 saturated carbocycles. The van der Waals surface area contributed by atoms with Crippen LogP contribution >= 0.6 is 11.6 Å². The molecular formula is C26H30ClN5O2. The number of carbonyl (C=O) groups is 1. The molecule has 5 rings (SSSR count). The van der Waals surface area contributed by atoms with E-state index in [2.05, 4.69) is 44.5 Å². The normalized spacial score (nSPS) is 16.3. The lowest BCUT2D eigenvalue weighted by Gasteiger charge is -2.36. The Hall–Kier alpha value is -3.03. The number of benzene rings is 2. The standard InChI is InChI=1S/C26H30ClN5O2/c1-16-12-17(13-21-23(16)24-19(26(34)30-21)4-3-7-29-24)15-31-8-10-32(11-9-31)22-6-5-18(14-20(22)27)25(33)28-2/h5-6,12-14,29H,3-4,7-11,15H2,1-2H3,(H,28,33)(H,30,34). The van der Waals surface area contributed by atoms with Gasteiger partial charge in [0.25, 0.3) is 11.5 Å². The zero-order valence-electron chi connectivity index (χ0n) is 19.6. The predicted molar refractivity (Wildman–Crippen MR) is 138 cm³/mol. The lowest BCUT2D eigenvalue weighted by atomic mass is 9.97. The summed E-state index contributed by atoms with van der Waals surface area (Å²) in [7, 11) is 1.61. The summed E-state index contributed by atoms with van der Waals surface area (Å²) in [5.74, 6) is -0.137. The number of H-pyrrole nitrogens is 1. The second-order valence-corrected chi connectivity index (χ2v) is 9.59. The molecule has 1 saturated heterocycles. The number of anilines is 2. The van der Waals surface area contributed by atoms with Crippen molar-refractivity contribution >= 4 is 39.8 Å². The summed E-state index contributed by atoms with van der Waals surface area (Å²) in [5.41, 5.74) is 6.76. The van der Waals surface area contributed by atoms with Gasteiger partial charge in [-0.05, 0) is 55.2 Å². The summed E-state index contributed by atoms with van der Waals surface area (Å²) >= 11 is 6.50. The van der Waals surface area contributed by atoms with E-state index in [-0.39, 0.29) is 11.5 Å². The van der Waals surface area contributed by atoms with Gasteiger partial charge in [-0.3, -0.25) is 14.5 Å². The molecule has 3 N–H and O–H groups in total. The Bertz CT molecular complexity index is 1310. The van der Waals surface area contributed by atoms with Gasteiger partial charge in [-0.2, -0.15) is 0 Å². The lowest BCUT2D eigenvalue weighted by molar-refractivity contribution is 0.0963. The van der Waals surface area contributed by atoms with Gasteiger partial charge in [0.15, 0.2) is 0 Å². The molecule has 34 heavy (non-hydrogen) atoms. The number of piperazine rings is 1. The van der Waals surface area contributed by atoms with Gasteiger partial charge in [0.05, 0.1) is 21.9 Å². The van der Waals surface area contributed by atoms with Crippen LogP contribution in [0.4, 0.5) is 11.4 Å². The quantitative estimate of drug-likeness (QED) is 0.533. The molecular weight excluding hydrogens is 450 g/mol. The zero-order valence-corrected chi connectivity index (χ0v) is 20.4. The lowest BCUT2D eigenvalue weighted by Crippen LogP contribution is -2.46. The molecule has 0 spiro atoms. The van der Waals surface area contributed by atoms with Gasteiger partial charge in [0.1, 0.15) is 0 Å². The summed E-state index contributed by atoms with van der Waals surface area (Å²) in [5, 5.41) is 7.82. The highest BCUT2D eigenvalue weighted by Crippen LogP contribution is 2.32. The van der Waals surface area contributed by atoms with Gasteiger partial charge < -0.3 is 20.5 Å². The minimum absolute atomic E-state index is 0.0270. The molecule has 178 valence electrons. The Labute approximate surface area is 204 Å². The minimum atomic E-state index is -0.137. The van der Waals surface area contributed by atoms with Gasteiger partial charge in [0, 0.05) is 62.8 Å². The molecule has 7 nitrogen and oxygen atoms in total. The number of nitrogens with one attached hydrogen (secondary N) is 3. The van der Waals surface area contributed by atoms with E-state index in [1.165, 1.54) is 11.1 Å². The second-order valence-electron chi connectivity index (χ2n) is 9.18. The SMILES string of the molecule is CNC(=O)c1ccc(N2CCN(Cc3cc(C)c4c5c(c(=O)[nH]c4c3)CCCN5)CC2)c(Cl)c1. The molecule has 0 radical (unpaired) electrons. The third kappa shape index (κ3) is 4.26.